The van der Waals surface area contributed by atoms with Crippen LogP contribution in [0, 0.1) is 0 Å². The summed E-state index contributed by atoms with van der Waals surface area (Å²) in [7, 11) is 4.11. The number of rotatable bonds is 3. The molecular formula is C13H12O6. The third-order valence-corrected chi connectivity index (χ3v) is 2.83. The summed E-state index contributed by atoms with van der Waals surface area (Å²) in [5, 5.41) is 9.50. The van der Waals surface area contributed by atoms with Gasteiger partial charge in [0, 0.05) is 12.1 Å². The molecule has 0 atom stereocenters. The minimum absolute atomic E-state index is 0.0521. The fourth-order valence-electron chi connectivity index (χ4n) is 1.98. The minimum Gasteiger partial charge on any atom is -0.504 e. The minimum atomic E-state index is -0.705. The molecule has 6 heteroatoms. The first-order chi connectivity index (χ1) is 9.04. The third kappa shape index (κ3) is 1.81. The van der Waals surface area contributed by atoms with E-state index in [0.717, 1.165) is 6.08 Å². The first kappa shape index (κ1) is 12.9. The average molecular weight is 264 g/mol. The summed E-state index contributed by atoms with van der Waals surface area (Å²) in [5.41, 5.74) is 0.00616. The van der Waals surface area contributed by atoms with Crippen LogP contribution in [-0.4, -0.2) is 38.0 Å². The zero-order valence-corrected chi connectivity index (χ0v) is 10.6. The van der Waals surface area contributed by atoms with Gasteiger partial charge in [0.1, 0.15) is 5.75 Å². The van der Waals surface area contributed by atoms with Crippen molar-refractivity contribution < 1.29 is 28.9 Å². The zero-order valence-electron chi connectivity index (χ0n) is 10.6. The molecule has 1 aliphatic carbocycles. The van der Waals surface area contributed by atoms with Crippen LogP contribution >= 0.6 is 0 Å². The normalized spacial score (nSPS) is 13.7. The van der Waals surface area contributed by atoms with Crippen molar-refractivity contribution >= 4 is 11.6 Å². The molecule has 0 fully saturated rings. The molecule has 0 spiro atoms. The van der Waals surface area contributed by atoms with Crippen LogP contribution in [-0.2, 0) is 0 Å². The topological polar surface area (TPSA) is 82.1 Å². The van der Waals surface area contributed by atoms with Crippen LogP contribution in [0.5, 0.6) is 17.2 Å². The van der Waals surface area contributed by atoms with Gasteiger partial charge in [-0.2, -0.15) is 0 Å². The van der Waals surface area contributed by atoms with Gasteiger partial charge in [-0.3, -0.25) is 9.59 Å². The van der Waals surface area contributed by atoms with Crippen LogP contribution in [0.25, 0.3) is 0 Å². The summed E-state index contributed by atoms with van der Waals surface area (Å²) in [6, 6.07) is 1.46. The molecule has 0 unspecified atom stereocenters. The Balaban J connectivity index is 2.86. The highest BCUT2D eigenvalue weighted by atomic mass is 16.5. The molecule has 1 N–H and O–H groups in total. The van der Waals surface area contributed by atoms with E-state index < -0.39 is 17.3 Å². The van der Waals surface area contributed by atoms with Gasteiger partial charge in [-0.05, 0) is 0 Å². The Bertz CT molecular complexity index is 600. The lowest BCUT2D eigenvalue weighted by molar-refractivity contribution is 0.0933. The van der Waals surface area contributed by atoms with E-state index in [-0.39, 0.29) is 28.4 Å². The van der Waals surface area contributed by atoms with Crippen LogP contribution in [0.15, 0.2) is 17.9 Å². The maximum Gasteiger partial charge on any atom is 0.232 e. The molecule has 1 aliphatic rings. The first-order valence-electron chi connectivity index (χ1n) is 5.37. The van der Waals surface area contributed by atoms with E-state index in [1.807, 2.05) is 0 Å². The fraction of sp³-hybridized carbons (Fsp3) is 0.231. The van der Waals surface area contributed by atoms with Crippen molar-refractivity contribution in [2.75, 3.05) is 21.3 Å². The predicted octanol–water partition coefficient (Wildman–Crippen LogP) is 1.53. The molecule has 0 aliphatic heterocycles. The molecular weight excluding hydrogens is 252 g/mol. The number of hydrogen-bond donors (Lipinski definition) is 1. The number of ether oxygens (including phenoxy) is 3. The summed E-state index contributed by atoms with van der Waals surface area (Å²) in [4.78, 5) is 23.9. The lowest BCUT2D eigenvalue weighted by atomic mass is 9.91. The van der Waals surface area contributed by atoms with Gasteiger partial charge < -0.3 is 19.3 Å². The Hall–Kier alpha value is -2.50. The van der Waals surface area contributed by atoms with Gasteiger partial charge in [0.05, 0.1) is 32.5 Å². The van der Waals surface area contributed by atoms with Crippen molar-refractivity contribution in [2.45, 2.75) is 0 Å². The van der Waals surface area contributed by atoms with Crippen LogP contribution in [0.4, 0.5) is 0 Å². The van der Waals surface area contributed by atoms with E-state index in [4.69, 9.17) is 14.2 Å². The van der Waals surface area contributed by atoms with Crippen LogP contribution in [0.2, 0.25) is 0 Å². The highest BCUT2D eigenvalue weighted by molar-refractivity contribution is 6.26. The molecule has 1 aromatic carbocycles. The molecule has 0 saturated carbocycles. The number of carbonyl (C=O) groups is 2. The summed E-state index contributed by atoms with van der Waals surface area (Å²) in [6.07, 6.45) is 0.860. The first-order valence-corrected chi connectivity index (χ1v) is 5.37. The second kappa shape index (κ2) is 4.64. The molecule has 0 amide bonds. The van der Waals surface area contributed by atoms with Gasteiger partial charge >= 0.3 is 0 Å². The van der Waals surface area contributed by atoms with E-state index in [0.29, 0.717) is 0 Å². The largest absolute Gasteiger partial charge is 0.504 e. The third-order valence-electron chi connectivity index (χ3n) is 2.83. The summed E-state index contributed by atoms with van der Waals surface area (Å²) in [6.45, 7) is 0. The number of benzene rings is 1. The van der Waals surface area contributed by atoms with E-state index in [2.05, 4.69) is 0 Å². The van der Waals surface area contributed by atoms with E-state index in [9.17, 15) is 14.7 Å². The number of aliphatic hydroxyl groups excluding tert-OH is 1. The summed E-state index contributed by atoms with van der Waals surface area (Å²) >= 11 is 0. The molecule has 0 radical (unpaired) electrons. The summed E-state index contributed by atoms with van der Waals surface area (Å²) < 4.78 is 15.3. The average Bonchev–Trinajstić information content (AvgIpc) is 2.42. The van der Waals surface area contributed by atoms with Gasteiger partial charge in [0.15, 0.2) is 23.0 Å². The molecule has 0 aromatic heterocycles. The smallest absolute Gasteiger partial charge is 0.232 e. The number of allylic oxidation sites excluding steroid dienone is 2. The maximum absolute atomic E-state index is 12.0. The lowest BCUT2D eigenvalue weighted by Crippen LogP contribution is -2.19. The summed E-state index contributed by atoms with van der Waals surface area (Å²) in [5.74, 6) is -1.33. The Morgan fingerprint density at radius 3 is 2.11 bits per heavy atom. The predicted molar refractivity (Wildman–Crippen MR) is 65.5 cm³/mol. The molecule has 6 nitrogen and oxygen atoms in total. The van der Waals surface area contributed by atoms with Crippen molar-refractivity contribution in [3.63, 3.8) is 0 Å². The van der Waals surface area contributed by atoms with Crippen LogP contribution in [0.1, 0.15) is 20.7 Å². The number of Topliss-reactive ketones (excluding diaryl/α,β-unsaturated/α-hetero) is 1. The number of fused-ring (bicyclic) bond motifs is 1. The fourth-order valence-corrected chi connectivity index (χ4v) is 1.98. The van der Waals surface area contributed by atoms with E-state index in [1.165, 1.54) is 27.4 Å². The Morgan fingerprint density at radius 1 is 0.947 bits per heavy atom. The van der Waals surface area contributed by atoms with Crippen molar-refractivity contribution in [1.29, 1.82) is 0 Å². The molecule has 2 rings (SSSR count). The Kier molecular flexibility index (Phi) is 3.16. The molecule has 0 saturated heterocycles. The Morgan fingerprint density at radius 2 is 1.58 bits per heavy atom. The maximum atomic E-state index is 12.0. The van der Waals surface area contributed by atoms with Gasteiger partial charge in [0.25, 0.3) is 0 Å². The quantitative estimate of drug-likeness (QED) is 0.891. The standard InChI is InChI=1S/C13H12O6/c1-17-8-5-9(18-2)13(19-3)11-10(8)6(14)4-7(15)12(11)16/h4-5,15H,1-3H3. The van der Waals surface area contributed by atoms with E-state index >= 15 is 0 Å². The number of aliphatic hydroxyl groups is 1. The molecule has 19 heavy (non-hydrogen) atoms. The van der Waals surface area contributed by atoms with Gasteiger partial charge in [-0.25, -0.2) is 0 Å². The highest BCUT2D eigenvalue weighted by Gasteiger charge is 2.34. The van der Waals surface area contributed by atoms with Gasteiger partial charge in [-0.1, -0.05) is 0 Å². The van der Waals surface area contributed by atoms with Crippen molar-refractivity contribution in [2.24, 2.45) is 0 Å². The van der Waals surface area contributed by atoms with Crippen LogP contribution < -0.4 is 14.2 Å². The molecule has 0 bridgehead atoms. The monoisotopic (exact) mass is 264 g/mol. The lowest BCUT2D eigenvalue weighted by Gasteiger charge is -2.20. The van der Waals surface area contributed by atoms with Crippen molar-refractivity contribution in [3.05, 3.63) is 29.0 Å². The molecule has 0 heterocycles. The second-order valence-electron chi connectivity index (χ2n) is 3.79. The van der Waals surface area contributed by atoms with Gasteiger partial charge in [-0.15, -0.1) is 0 Å². The number of methoxy groups -OCH3 is 3. The number of ketones is 2. The zero-order chi connectivity index (χ0) is 14.2. The van der Waals surface area contributed by atoms with Crippen molar-refractivity contribution in [3.8, 4) is 17.2 Å². The van der Waals surface area contributed by atoms with Crippen LogP contribution in [0.3, 0.4) is 0 Å². The highest BCUT2D eigenvalue weighted by Crippen LogP contribution is 2.42. The number of carbonyl (C=O) groups excluding carboxylic acids is 2. The Labute approximate surface area is 109 Å². The SMILES string of the molecule is COc1cc(OC)c2c(c1OC)C(=O)C(O)=CC2=O. The van der Waals surface area contributed by atoms with Crippen molar-refractivity contribution in [1.82, 2.24) is 0 Å². The van der Waals surface area contributed by atoms with Gasteiger partial charge in [0.2, 0.25) is 5.78 Å². The molecule has 1 aromatic rings. The second-order valence-corrected chi connectivity index (χ2v) is 3.79. The molecule has 100 valence electrons. The number of hydrogen-bond acceptors (Lipinski definition) is 6. The van der Waals surface area contributed by atoms with E-state index in [1.54, 1.807) is 0 Å².